The van der Waals surface area contributed by atoms with E-state index in [1.54, 1.807) is 7.11 Å². The molecule has 0 spiro atoms. The summed E-state index contributed by atoms with van der Waals surface area (Å²) < 4.78 is 11.6. The molecule has 1 N–H and O–H groups in total. The molecule has 0 atom stereocenters. The minimum Gasteiger partial charge on any atom is -0.493 e. The third kappa shape index (κ3) is 6.16. The summed E-state index contributed by atoms with van der Waals surface area (Å²) in [6.07, 6.45) is 0.987. The Morgan fingerprint density at radius 2 is 1.57 bits per heavy atom. The molecule has 0 unspecified atom stereocenters. The predicted octanol–water partition coefficient (Wildman–Crippen LogP) is 5.68. The maximum Gasteiger partial charge on any atom is 0.166 e. The van der Waals surface area contributed by atoms with Gasteiger partial charge in [-0.3, -0.25) is 0 Å². The van der Waals surface area contributed by atoms with Gasteiger partial charge in [0.1, 0.15) is 6.61 Å². The number of halogens is 2. The summed E-state index contributed by atoms with van der Waals surface area (Å²) in [5, 5.41) is 4.19. The van der Waals surface area contributed by atoms with Crippen LogP contribution in [0.1, 0.15) is 16.7 Å². The minimum absolute atomic E-state index is 0. The monoisotopic (exact) mass is 417 g/mol. The standard InChI is InChI=1S/C23H24ClNO2.ClH/c1-26-22-13-7-11-19(16-25-15-14-18-8-3-2-4-9-18)23(22)27-17-20-10-5-6-12-21(20)24;/h2-13,25H,14-17H2,1H3;1H. The number of benzene rings is 3. The molecule has 0 aromatic heterocycles. The van der Waals surface area contributed by atoms with Gasteiger partial charge in [0.2, 0.25) is 0 Å². The highest BCUT2D eigenvalue weighted by molar-refractivity contribution is 6.31. The molecule has 3 aromatic rings. The van der Waals surface area contributed by atoms with Crippen molar-refractivity contribution in [3.05, 3.63) is 94.5 Å². The quantitative estimate of drug-likeness (QED) is 0.454. The number of methoxy groups -OCH3 is 1. The second-order valence-electron chi connectivity index (χ2n) is 6.24. The zero-order valence-electron chi connectivity index (χ0n) is 15.9. The molecule has 0 aliphatic carbocycles. The summed E-state index contributed by atoms with van der Waals surface area (Å²) in [7, 11) is 1.66. The smallest absolute Gasteiger partial charge is 0.166 e. The van der Waals surface area contributed by atoms with Gasteiger partial charge in [0.15, 0.2) is 11.5 Å². The Balaban J connectivity index is 0.00000280. The largest absolute Gasteiger partial charge is 0.493 e. The van der Waals surface area contributed by atoms with E-state index in [2.05, 4.69) is 35.6 Å². The SMILES string of the molecule is COc1cccc(CNCCc2ccccc2)c1OCc1ccccc1Cl.Cl. The van der Waals surface area contributed by atoms with Crippen molar-refractivity contribution < 1.29 is 9.47 Å². The van der Waals surface area contributed by atoms with Crippen LogP contribution in [-0.2, 0) is 19.6 Å². The van der Waals surface area contributed by atoms with Gasteiger partial charge < -0.3 is 14.8 Å². The Bertz CT molecular complexity index is 856. The van der Waals surface area contributed by atoms with Gasteiger partial charge in [-0.1, -0.05) is 72.3 Å². The van der Waals surface area contributed by atoms with Gasteiger partial charge in [-0.25, -0.2) is 0 Å². The Morgan fingerprint density at radius 3 is 2.32 bits per heavy atom. The third-order valence-corrected chi connectivity index (χ3v) is 4.73. The number of hydrogen-bond acceptors (Lipinski definition) is 3. The molecule has 0 amide bonds. The first-order chi connectivity index (χ1) is 13.3. The van der Waals surface area contributed by atoms with Gasteiger partial charge in [0.05, 0.1) is 7.11 Å². The topological polar surface area (TPSA) is 30.5 Å². The van der Waals surface area contributed by atoms with Crippen molar-refractivity contribution in [3.63, 3.8) is 0 Å². The van der Waals surface area contributed by atoms with Crippen LogP contribution >= 0.6 is 24.0 Å². The number of nitrogens with one attached hydrogen (secondary N) is 1. The van der Waals surface area contributed by atoms with Crippen LogP contribution in [-0.4, -0.2) is 13.7 Å². The van der Waals surface area contributed by atoms with Crippen LogP contribution in [0.5, 0.6) is 11.5 Å². The second kappa shape index (κ2) is 11.6. The maximum atomic E-state index is 6.24. The molecule has 3 rings (SSSR count). The van der Waals surface area contributed by atoms with Gasteiger partial charge >= 0.3 is 0 Å². The molecule has 0 radical (unpaired) electrons. The van der Waals surface area contributed by atoms with E-state index in [1.165, 1.54) is 5.56 Å². The summed E-state index contributed by atoms with van der Waals surface area (Å²) in [5.41, 5.74) is 3.34. The molecule has 0 heterocycles. The van der Waals surface area contributed by atoms with E-state index in [0.29, 0.717) is 18.2 Å². The zero-order valence-corrected chi connectivity index (χ0v) is 17.4. The molecule has 28 heavy (non-hydrogen) atoms. The van der Waals surface area contributed by atoms with Crippen molar-refractivity contribution in [3.8, 4) is 11.5 Å². The molecule has 0 bridgehead atoms. The van der Waals surface area contributed by atoms with Crippen molar-refractivity contribution in [1.29, 1.82) is 0 Å². The normalized spacial score (nSPS) is 10.2. The van der Waals surface area contributed by atoms with Crippen molar-refractivity contribution in [1.82, 2.24) is 5.32 Å². The number of rotatable bonds is 9. The summed E-state index contributed by atoms with van der Waals surface area (Å²) in [6.45, 7) is 2.00. The van der Waals surface area contributed by atoms with E-state index in [9.17, 15) is 0 Å². The van der Waals surface area contributed by atoms with E-state index < -0.39 is 0 Å². The molecule has 0 aliphatic heterocycles. The van der Waals surface area contributed by atoms with Crippen LogP contribution in [0, 0.1) is 0 Å². The van der Waals surface area contributed by atoms with Crippen molar-refractivity contribution in [2.24, 2.45) is 0 Å². The van der Waals surface area contributed by atoms with Crippen LogP contribution in [0.2, 0.25) is 5.02 Å². The average molecular weight is 418 g/mol. The molecule has 0 saturated carbocycles. The first kappa shape index (κ1) is 22.1. The fourth-order valence-corrected chi connectivity index (χ4v) is 3.08. The molecular formula is C23H25Cl2NO2. The molecule has 148 valence electrons. The number of ether oxygens (including phenoxy) is 2. The fourth-order valence-electron chi connectivity index (χ4n) is 2.89. The molecule has 0 aliphatic rings. The van der Waals surface area contributed by atoms with Gasteiger partial charge in [0, 0.05) is 22.7 Å². The summed E-state index contributed by atoms with van der Waals surface area (Å²) >= 11 is 6.24. The molecule has 3 nitrogen and oxygen atoms in total. The van der Waals surface area contributed by atoms with Gasteiger partial charge in [-0.15, -0.1) is 12.4 Å². The second-order valence-corrected chi connectivity index (χ2v) is 6.65. The average Bonchev–Trinajstić information content (AvgIpc) is 2.71. The first-order valence-electron chi connectivity index (χ1n) is 9.04. The van der Waals surface area contributed by atoms with Crippen molar-refractivity contribution in [2.75, 3.05) is 13.7 Å². The first-order valence-corrected chi connectivity index (χ1v) is 9.42. The van der Waals surface area contributed by atoms with Crippen LogP contribution in [0.3, 0.4) is 0 Å². The van der Waals surface area contributed by atoms with Crippen LogP contribution in [0.25, 0.3) is 0 Å². The minimum atomic E-state index is 0. The zero-order chi connectivity index (χ0) is 18.9. The van der Waals surface area contributed by atoms with Crippen LogP contribution in [0.15, 0.2) is 72.8 Å². The van der Waals surface area contributed by atoms with E-state index in [4.69, 9.17) is 21.1 Å². The number of para-hydroxylation sites is 1. The Hall–Kier alpha value is -2.20. The van der Waals surface area contributed by atoms with E-state index in [1.807, 2.05) is 42.5 Å². The lowest BCUT2D eigenvalue weighted by Gasteiger charge is -2.16. The maximum absolute atomic E-state index is 6.24. The Labute approximate surface area is 178 Å². The lowest BCUT2D eigenvalue weighted by molar-refractivity contribution is 0.280. The highest BCUT2D eigenvalue weighted by Gasteiger charge is 2.11. The van der Waals surface area contributed by atoms with Crippen molar-refractivity contribution >= 4 is 24.0 Å². The lowest BCUT2D eigenvalue weighted by Crippen LogP contribution is -2.17. The van der Waals surface area contributed by atoms with Crippen LogP contribution < -0.4 is 14.8 Å². The Kier molecular flexibility index (Phi) is 9.15. The van der Waals surface area contributed by atoms with E-state index in [0.717, 1.165) is 35.6 Å². The molecule has 0 fully saturated rings. The molecular weight excluding hydrogens is 393 g/mol. The lowest BCUT2D eigenvalue weighted by atomic mass is 10.1. The summed E-state index contributed by atoms with van der Waals surface area (Å²) in [6, 6.07) is 24.1. The van der Waals surface area contributed by atoms with Crippen molar-refractivity contribution in [2.45, 2.75) is 19.6 Å². The molecule has 5 heteroatoms. The Morgan fingerprint density at radius 1 is 0.857 bits per heavy atom. The van der Waals surface area contributed by atoms with Gasteiger partial charge in [-0.2, -0.15) is 0 Å². The third-order valence-electron chi connectivity index (χ3n) is 4.36. The van der Waals surface area contributed by atoms with Gasteiger partial charge in [0.25, 0.3) is 0 Å². The highest BCUT2D eigenvalue weighted by Crippen LogP contribution is 2.32. The molecule has 0 saturated heterocycles. The number of hydrogen-bond donors (Lipinski definition) is 1. The predicted molar refractivity (Wildman–Crippen MR) is 118 cm³/mol. The van der Waals surface area contributed by atoms with E-state index >= 15 is 0 Å². The highest BCUT2D eigenvalue weighted by atomic mass is 35.5. The van der Waals surface area contributed by atoms with E-state index in [-0.39, 0.29) is 12.4 Å². The summed E-state index contributed by atoms with van der Waals surface area (Å²) in [4.78, 5) is 0. The summed E-state index contributed by atoms with van der Waals surface area (Å²) in [5.74, 6) is 1.48. The van der Waals surface area contributed by atoms with Crippen LogP contribution in [0.4, 0.5) is 0 Å². The molecule has 3 aromatic carbocycles. The van der Waals surface area contributed by atoms with Gasteiger partial charge in [-0.05, 0) is 30.7 Å². The fraction of sp³-hybridized carbons (Fsp3) is 0.217.